The Morgan fingerprint density at radius 1 is 1.28 bits per heavy atom. The minimum Gasteiger partial charge on any atom is -0.453 e. The van der Waals surface area contributed by atoms with Crippen LogP contribution in [-0.2, 0) is 13.0 Å². The lowest BCUT2D eigenvalue weighted by atomic mass is 9.97. The molecule has 0 unspecified atom stereocenters. The predicted octanol–water partition coefficient (Wildman–Crippen LogP) is 4.84. The van der Waals surface area contributed by atoms with E-state index in [-0.39, 0.29) is 11.5 Å². The van der Waals surface area contributed by atoms with Gasteiger partial charge in [0.25, 0.3) is 0 Å². The molecule has 1 aliphatic heterocycles. The van der Waals surface area contributed by atoms with Crippen molar-refractivity contribution in [3.8, 4) is 11.5 Å². The number of pyridine rings is 1. The van der Waals surface area contributed by atoms with Gasteiger partial charge in [0.15, 0.2) is 11.6 Å². The van der Waals surface area contributed by atoms with Crippen molar-refractivity contribution in [2.24, 2.45) is 5.18 Å². The molecule has 6 nitrogen and oxygen atoms in total. The third-order valence-corrected chi connectivity index (χ3v) is 5.14. The summed E-state index contributed by atoms with van der Waals surface area (Å²) >= 11 is 0. The van der Waals surface area contributed by atoms with Crippen LogP contribution in [0.2, 0.25) is 0 Å². The molecular weight excluding hydrogens is 375 g/mol. The van der Waals surface area contributed by atoms with E-state index < -0.39 is 22.7 Å². The number of rotatable bonds is 3. The van der Waals surface area contributed by atoms with E-state index >= 15 is 0 Å². The van der Waals surface area contributed by atoms with E-state index in [4.69, 9.17) is 4.42 Å². The third kappa shape index (κ3) is 2.77. The Bertz CT molecular complexity index is 1290. The average molecular weight is 392 g/mol. The number of carbonyl (C=O) groups is 1. The second-order valence-corrected chi connectivity index (χ2v) is 6.71. The molecule has 2 aromatic heterocycles. The molecule has 0 saturated heterocycles. The molecule has 1 aliphatic rings. The lowest BCUT2D eigenvalue weighted by Crippen LogP contribution is -2.25. The number of benzene rings is 1. The first kappa shape index (κ1) is 18.7. The van der Waals surface area contributed by atoms with Gasteiger partial charge >= 0.3 is 5.91 Å². The van der Waals surface area contributed by atoms with Gasteiger partial charge in [0.1, 0.15) is 16.8 Å². The largest absolute Gasteiger partial charge is 0.453 e. The summed E-state index contributed by atoms with van der Waals surface area (Å²) in [5, 5.41) is 3.10. The Morgan fingerprint density at radius 3 is 2.76 bits per heavy atom. The molecule has 29 heavy (non-hydrogen) atoms. The molecule has 0 saturated carbocycles. The Labute approximate surface area is 164 Å². The van der Waals surface area contributed by atoms with E-state index in [1.165, 1.54) is 10.8 Å². The maximum absolute atomic E-state index is 15.0. The lowest BCUT2D eigenvalue weighted by Gasteiger charge is -2.19. The Balaban J connectivity index is 2.02. The summed E-state index contributed by atoms with van der Waals surface area (Å²) in [5.74, 6) is -2.14. The quantitative estimate of drug-likeness (QED) is 0.472. The van der Waals surface area contributed by atoms with E-state index in [0.717, 1.165) is 22.1 Å². The number of para-hydroxylation sites is 1. The van der Waals surface area contributed by atoms with Gasteiger partial charge < -0.3 is 8.98 Å². The molecule has 0 aliphatic carbocycles. The molecule has 7 heteroatoms. The highest BCUT2D eigenvalue weighted by atomic mass is 19.1. The van der Waals surface area contributed by atoms with Gasteiger partial charge in [0.2, 0.25) is 5.43 Å². The van der Waals surface area contributed by atoms with Crippen LogP contribution in [-0.4, -0.2) is 10.5 Å². The number of carbonyl (C=O) groups excluding carboxylic acids is 1. The summed E-state index contributed by atoms with van der Waals surface area (Å²) in [5.41, 5.74) is 1.49. The van der Waals surface area contributed by atoms with E-state index in [2.05, 4.69) is 5.18 Å². The first-order valence-electron chi connectivity index (χ1n) is 9.16. The topological polar surface area (TPSA) is 81.6 Å². The molecule has 3 heterocycles. The first-order chi connectivity index (χ1) is 14.0. The smallest absolute Gasteiger partial charge is 0.322 e. The summed E-state index contributed by atoms with van der Waals surface area (Å²) in [6, 6.07) is 5.74. The van der Waals surface area contributed by atoms with Crippen molar-refractivity contribution in [1.82, 2.24) is 4.57 Å². The zero-order valence-electron chi connectivity index (χ0n) is 15.9. The number of nitrogens with zero attached hydrogens (tertiary/aromatic N) is 2. The normalized spacial score (nSPS) is 13.6. The average Bonchev–Trinajstić information content (AvgIpc) is 3.12. The van der Waals surface area contributed by atoms with Crippen LogP contribution in [0.15, 0.2) is 57.0 Å². The minimum absolute atomic E-state index is 0.0195. The molecule has 0 bridgehead atoms. The summed E-state index contributed by atoms with van der Waals surface area (Å²) in [6.45, 7) is 4.18. The molecule has 0 fully saturated rings. The number of allylic oxidation sites excluding steroid dienone is 4. The van der Waals surface area contributed by atoms with Gasteiger partial charge in [-0.3, -0.25) is 9.59 Å². The monoisotopic (exact) mass is 392 g/mol. The number of halogens is 1. The van der Waals surface area contributed by atoms with Gasteiger partial charge in [-0.15, -0.1) is 4.91 Å². The number of hydrogen-bond acceptors (Lipinski definition) is 4. The summed E-state index contributed by atoms with van der Waals surface area (Å²) in [6.07, 6.45) is 7.54. The highest BCUT2D eigenvalue weighted by Crippen LogP contribution is 2.40. The van der Waals surface area contributed by atoms with Crippen LogP contribution in [0.25, 0.3) is 28.0 Å². The molecule has 146 valence electrons. The third-order valence-electron chi connectivity index (χ3n) is 5.14. The molecule has 0 radical (unpaired) electrons. The molecule has 0 spiro atoms. The van der Waals surface area contributed by atoms with Gasteiger partial charge in [0, 0.05) is 34.4 Å². The second kappa shape index (κ2) is 7.09. The standard InChI is InChI=1S/C22H17FN2O4/c1-3-6-12(4-2)13-7-5-8-14-15-9-10-25-11-16(22(27)24-28)19(26)17(23)18(25)21(15)29-20(13)14/h3-8,11H,9-10H2,1-2H3/b6-3-,12-4+. The first-order valence-corrected chi connectivity index (χ1v) is 9.16. The van der Waals surface area contributed by atoms with Crippen LogP contribution < -0.4 is 5.43 Å². The number of nitroso groups, excluding NO2 is 1. The summed E-state index contributed by atoms with van der Waals surface area (Å²) in [7, 11) is 0. The van der Waals surface area contributed by atoms with Gasteiger partial charge in [-0.2, -0.15) is 0 Å². The fourth-order valence-corrected chi connectivity index (χ4v) is 3.83. The van der Waals surface area contributed by atoms with E-state index in [1.807, 2.05) is 50.3 Å². The van der Waals surface area contributed by atoms with Crippen LogP contribution in [0.1, 0.15) is 35.3 Å². The van der Waals surface area contributed by atoms with Crippen molar-refractivity contribution in [1.29, 1.82) is 0 Å². The van der Waals surface area contributed by atoms with Gasteiger partial charge in [0.05, 0.1) is 0 Å². The molecular formula is C22H17FN2O4. The number of furan rings is 1. The summed E-state index contributed by atoms with van der Waals surface area (Å²) in [4.78, 5) is 34.4. The number of aromatic nitrogens is 1. The van der Waals surface area contributed by atoms with Gasteiger partial charge in [-0.1, -0.05) is 36.4 Å². The summed E-state index contributed by atoms with van der Waals surface area (Å²) < 4.78 is 22.5. The number of aryl methyl sites for hydroxylation is 2. The second-order valence-electron chi connectivity index (χ2n) is 6.71. The minimum atomic E-state index is -1.29. The predicted molar refractivity (Wildman–Crippen MR) is 108 cm³/mol. The molecule has 3 aromatic rings. The van der Waals surface area contributed by atoms with E-state index in [9.17, 15) is 18.9 Å². The fourth-order valence-electron chi connectivity index (χ4n) is 3.83. The molecule has 4 rings (SSSR count). The zero-order chi connectivity index (χ0) is 20.7. The Morgan fingerprint density at radius 2 is 2.07 bits per heavy atom. The molecule has 1 amide bonds. The van der Waals surface area contributed by atoms with Crippen LogP contribution in [0.5, 0.6) is 0 Å². The fraction of sp³-hybridized carbons (Fsp3) is 0.182. The van der Waals surface area contributed by atoms with Crippen molar-refractivity contribution in [3.63, 3.8) is 0 Å². The van der Waals surface area contributed by atoms with Crippen LogP contribution in [0.4, 0.5) is 4.39 Å². The van der Waals surface area contributed by atoms with Crippen LogP contribution in [0.3, 0.4) is 0 Å². The number of amides is 1. The SMILES string of the molecule is C/C=C\C(=C/C)c1cccc2c3c(oc12)-c1c(F)c(=O)c(C(=O)N=O)cn1CC3. The molecule has 0 atom stereocenters. The van der Waals surface area contributed by atoms with Crippen molar-refractivity contribution < 1.29 is 13.6 Å². The van der Waals surface area contributed by atoms with Crippen molar-refractivity contribution in [2.75, 3.05) is 0 Å². The van der Waals surface area contributed by atoms with E-state index in [1.54, 1.807) is 0 Å². The molecule has 0 N–H and O–H groups in total. The Kier molecular flexibility index (Phi) is 4.58. The van der Waals surface area contributed by atoms with Crippen LogP contribution >= 0.6 is 0 Å². The van der Waals surface area contributed by atoms with Crippen molar-refractivity contribution in [3.05, 3.63) is 80.3 Å². The number of hydrogen-bond donors (Lipinski definition) is 0. The van der Waals surface area contributed by atoms with Crippen LogP contribution in [0, 0.1) is 10.7 Å². The Hall–Kier alpha value is -3.61. The van der Waals surface area contributed by atoms with Gasteiger partial charge in [-0.05, 0) is 25.8 Å². The highest BCUT2D eigenvalue weighted by molar-refractivity contribution is 5.98. The van der Waals surface area contributed by atoms with E-state index in [0.29, 0.717) is 18.5 Å². The van der Waals surface area contributed by atoms with Crippen molar-refractivity contribution in [2.45, 2.75) is 26.8 Å². The molecule has 1 aromatic carbocycles. The highest BCUT2D eigenvalue weighted by Gasteiger charge is 2.30. The maximum atomic E-state index is 15.0. The zero-order valence-corrected chi connectivity index (χ0v) is 15.9. The van der Waals surface area contributed by atoms with Gasteiger partial charge in [-0.25, -0.2) is 4.39 Å². The maximum Gasteiger partial charge on any atom is 0.322 e. The lowest BCUT2D eigenvalue weighted by molar-refractivity contribution is 0.0998. The van der Waals surface area contributed by atoms with Crippen molar-refractivity contribution >= 4 is 22.4 Å². The number of fused-ring (bicyclic) bond motifs is 5.